The summed E-state index contributed by atoms with van der Waals surface area (Å²) in [4.78, 5) is 35.7. The summed E-state index contributed by atoms with van der Waals surface area (Å²) in [5.41, 5.74) is 4.54. The van der Waals surface area contributed by atoms with E-state index < -0.39 is 0 Å². The molecular weight excluding hydrogens is 342 g/mol. The van der Waals surface area contributed by atoms with E-state index in [1.165, 1.54) is 14.2 Å². The summed E-state index contributed by atoms with van der Waals surface area (Å²) in [6, 6.07) is 3.55. The molecule has 0 saturated carbocycles. The number of unbranched alkanes of at least 4 members (excludes halogenated alkanes) is 2. The largest absolute Gasteiger partial charge is 0.488 e. The van der Waals surface area contributed by atoms with Gasteiger partial charge in [-0.25, -0.2) is 15.9 Å². The van der Waals surface area contributed by atoms with Crippen molar-refractivity contribution in [1.29, 1.82) is 0 Å². The van der Waals surface area contributed by atoms with Crippen molar-refractivity contribution in [2.24, 2.45) is 0 Å². The quantitative estimate of drug-likeness (QED) is 0.378. The van der Waals surface area contributed by atoms with Gasteiger partial charge in [0.1, 0.15) is 0 Å². The normalized spacial score (nSPS) is 10.2. The Morgan fingerprint density at radius 3 is 2.08 bits per heavy atom. The maximum atomic E-state index is 11.2. The second-order valence-corrected chi connectivity index (χ2v) is 5.38. The van der Waals surface area contributed by atoms with Gasteiger partial charge in [-0.15, -0.1) is 0 Å². The molecule has 0 aliphatic carbocycles. The highest BCUT2D eigenvalue weighted by molar-refractivity contribution is 5.74. The van der Waals surface area contributed by atoms with E-state index in [1.807, 2.05) is 0 Å². The highest BCUT2D eigenvalue weighted by Gasteiger charge is 2.07. The molecule has 0 fully saturated rings. The van der Waals surface area contributed by atoms with Crippen LogP contribution in [0, 0.1) is 0 Å². The minimum atomic E-state index is -0.159. The van der Waals surface area contributed by atoms with Gasteiger partial charge in [-0.1, -0.05) is 0 Å². The molecule has 0 saturated heterocycles. The van der Waals surface area contributed by atoms with E-state index in [1.54, 1.807) is 18.3 Å². The van der Waals surface area contributed by atoms with Crippen LogP contribution in [0.5, 0.6) is 11.6 Å². The smallest absolute Gasteiger partial charge is 0.256 e. The van der Waals surface area contributed by atoms with Crippen LogP contribution in [0.1, 0.15) is 38.5 Å². The summed E-state index contributed by atoms with van der Waals surface area (Å²) < 4.78 is 11.3. The predicted molar refractivity (Wildman–Crippen MR) is 93.2 cm³/mol. The Hall–Kier alpha value is -2.39. The van der Waals surface area contributed by atoms with Crippen LogP contribution >= 0.6 is 0 Å². The first-order chi connectivity index (χ1) is 12.7. The predicted octanol–water partition coefficient (Wildman–Crippen LogP) is 1.53. The molecule has 9 nitrogen and oxygen atoms in total. The van der Waals surface area contributed by atoms with E-state index in [2.05, 4.69) is 25.6 Å². The second kappa shape index (κ2) is 13.9. The Morgan fingerprint density at radius 1 is 0.923 bits per heavy atom. The maximum Gasteiger partial charge on any atom is 0.256 e. The lowest BCUT2D eigenvalue weighted by Crippen LogP contribution is -2.21. The van der Waals surface area contributed by atoms with Crippen molar-refractivity contribution < 1.29 is 28.7 Å². The zero-order chi connectivity index (χ0) is 19.0. The first kappa shape index (κ1) is 21.7. The van der Waals surface area contributed by atoms with Gasteiger partial charge in [0.25, 0.3) is 5.88 Å². The molecule has 1 heterocycles. The van der Waals surface area contributed by atoms with Gasteiger partial charge in [-0.05, 0) is 37.8 Å². The summed E-state index contributed by atoms with van der Waals surface area (Å²) in [5.74, 6) is 0.669. The summed E-state index contributed by atoms with van der Waals surface area (Å²) in [7, 11) is 2.80. The SMILES string of the molecule is CONC(=O)CCCCOc1cccnc1OCCCCC(=O)NOC. The number of carbonyl (C=O) groups is 2. The lowest BCUT2D eigenvalue weighted by atomic mass is 10.2. The highest BCUT2D eigenvalue weighted by Crippen LogP contribution is 2.24. The molecule has 146 valence electrons. The molecule has 1 rings (SSSR count). The first-order valence-corrected chi connectivity index (χ1v) is 8.51. The number of nitrogens with zero attached hydrogens (tertiary/aromatic N) is 1. The van der Waals surface area contributed by atoms with Crippen molar-refractivity contribution in [2.45, 2.75) is 38.5 Å². The van der Waals surface area contributed by atoms with Crippen LogP contribution in [-0.4, -0.2) is 44.2 Å². The molecule has 0 aromatic carbocycles. The molecule has 2 N–H and O–H groups in total. The Morgan fingerprint density at radius 2 is 1.50 bits per heavy atom. The fourth-order valence-electron chi connectivity index (χ4n) is 2.05. The van der Waals surface area contributed by atoms with Crippen LogP contribution in [0.15, 0.2) is 18.3 Å². The van der Waals surface area contributed by atoms with Gasteiger partial charge < -0.3 is 9.47 Å². The molecule has 2 amide bonds. The Kier molecular flexibility index (Phi) is 11.5. The summed E-state index contributed by atoms with van der Waals surface area (Å²) in [6.07, 6.45) is 5.19. The molecule has 0 spiro atoms. The molecule has 0 bridgehead atoms. The van der Waals surface area contributed by atoms with Gasteiger partial charge in [0.05, 0.1) is 27.4 Å². The fourth-order valence-corrected chi connectivity index (χ4v) is 2.05. The molecule has 1 aromatic heterocycles. The van der Waals surface area contributed by atoms with Crippen LogP contribution in [0.4, 0.5) is 0 Å². The number of aromatic nitrogens is 1. The van der Waals surface area contributed by atoms with E-state index in [-0.39, 0.29) is 11.8 Å². The number of hydrogen-bond acceptors (Lipinski definition) is 7. The van der Waals surface area contributed by atoms with Gasteiger partial charge in [-0.3, -0.25) is 19.3 Å². The summed E-state index contributed by atoms with van der Waals surface area (Å²) >= 11 is 0. The lowest BCUT2D eigenvalue weighted by molar-refractivity contribution is -0.132. The van der Waals surface area contributed by atoms with Crippen molar-refractivity contribution >= 4 is 11.8 Å². The summed E-state index contributed by atoms with van der Waals surface area (Å²) in [5, 5.41) is 0. The van der Waals surface area contributed by atoms with Crippen LogP contribution < -0.4 is 20.4 Å². The molecule has 0 radical (unpaired) electrons. The van der Waals surface area contributed by atoms with Gasteiger partial charge in [0.15, 0.2) is 5.75 Å². The van der Waals surface area contributed by atoms with Gasteiger partial charge >= 0.3 is 0 Å². The monoisotopic (exact) mass is 369 g/mol. The minimum absolute atomic E-state index is 0.155. The maximum absolute atomic E-state index is 11.2. The second-order valence-electron chi connectivity index (χ2n) is 5.38. The van der Waals surface area contributed by atoms with Gasteiger partial charge in [0.2, 0.25) is 11.8 Å². The average Bonchev–Trinajstić information content (AvgIpc) is 2.62. The molecular formula is C17H27N3O6. The van der Waals surface area contributed by atoms with E-state index in [0.717, 1.165) is 6.42 Å². The van der Waals surface area contributed by atoms with Crippen molar-refractivity contribution in [2.75, 3.05) is 27.4 Å². The van der Waals surface area contributed by atoms with Crippen LogP contribution in [0.3, 0.4) is 0 Å². The topological polar surface area (TPSA) is 108 Å². The van der Waals surface area contributed by atoms with Crippen LogP contribution in [0.25, 0.3) is 0 Å². The zero-order valence-corrected chi connectivity index (χ0v) is 15.3. The molecule has 26 heavy (non-hydrogen) atoms. The average molecular weight is 369 g/mol. The van der Waals surface area contributed by atoms with E-state index in [4.69, 9.17) is 9.47 Å². The number of rotatable bonds is 14. The molecule has 0 atom stereocenters. The molecule has 1 aromatic rings. The number of pyridine rings is 1. The van der Waals surface area contributed by atoms with E-state index in [9.17, 15) is 9.59 Å². The fraction of sp³-hybridized carbons (Fsp3) is 0.588. The zero-order valence-electron chi connectivity index (χ0n) is 15.3. The van der Waals surface area contributed by atoms with E-state index in [0.29, 0.717) is 56.9 Å². The molecule has 0 unspecified atom stereocenters. The Balaban J connectivity index is 2.23. The van der Waals surface area contributed by atoms with E-state index >= 15 is 0 Å². The van der Waals surface area contributed by atoms with Crippen LogP contribution in [0.2, 0.25) is 0 Å². The first-order valence-electron chi connectivity index (χ1n) is 8.51. The number of nitrogens with one attached hydrogen (secondary N) is 2. The third kappa shape index (κ3) is 9.80. The van der Waals surface area contributed by atoms with Gasteiger partial charge in [-0.2, -0.15) is 0 Å². The molecule has 9 heteroatoms. The number of amides is 2. The molecule has 0 aliphatic rings. The number of carbonyl (C=O) groups excluding carboxylic acids is 2. The van der Waals surface area contributed by atoms with Crippen molar-refractivity contribution in [3.8, 4) is 11.6 Å². The Labute approximate surface area is 153 Å². The lowest BCUT2D eigenvalue weighted by Gasteiger charge is -2.11. The van der Waals surface area contributed by atoms with Crippen molar-refractivity contribution in [3.05, 3.63) is 18.3 Å². The number of hydroxylamine groups is 2. The minimum Gasteiger partial charge on any atom is -0.488 e. The third-order valence-electron chi connectivity index (χ3n) is 3.26. The van der Waals surface area contributed by atoms with Crippen LogP contribution in [-0.2, 0) is 19.3 Å². The van der Waals surface area contributed by atoms with Gasteiger partial charge in [0, 0.05) is 19.0 Å². The highest BCUT2D eigenvalue weighted by atomic mass is 16.6. The van der Waals surface area contributed by atoms with Crippen molar-refractivity contribution in [1.82, 2.24) is 15.9 Å². The number of hydrogen-bond donors (Lipinski definition) is 2. The van der Waals surface area contributed by atoms with Crippen molar-refractivity contribution in [3.63, 3.8) is 0 Å². The number of ether oxygens (including phenoxy) is 2. The third-order valence-corrected chi connectivity index (χ3v) is 3.26. The standard InChI is InChI=1S/C17H27N3O6/c1-23-19-15(21)9-3-5-12-25-14-8-7-11-18-17(14)26-13-6-4-10-16(22)20-24-2/h7-8,11H,3-6,9-10,12-13H2,1-2H3,(H,19,21)(H,20,22). The summed E-state index contributed by atoms with van der Waals surface area (Å²) in [6.45, 7) is 0.893. The Bertz CT molecular complexity index is 494. The molecule has 0 aliphatic heterocycles.